The summed E-state index contributed by atoms with van der Waals surface area (Å²) in [7, 11) is -2.01. The molecule has 1 saturated heterocycles. The number of ether oxygens (including phenoxy) is 2. The highest BCUT2D eigenvalue weighted by molar-refractivity contribution is 7.89. The molecule has 0 spiro atoms. The average Bonchev–Trinajstić information content (AvgIpc) is 3.48. The Kier molecular flexibility index (Phi) is 11.1. The molecule has 51 heavy (non-hydrogen) atoms. The second-order valence-corrected chi connectivity index (χ2v) is 15.0. The molecule has 3 aromatic rings. The third kappa shape index (κ3) is 8.37. The molecular formula is C34H41FN6O9S. The van der Waals surface area contributed by atoms with Crippen molar-refractivity contribution >= 4 is 27.7 Å². The Morgan fingerprint density at radius 3 is 2.47 bits per heavy atom. The first-order valence-corrected chi connectivity index (χ1v) is 17.9. The molecule has 2 N–H and O–H groups in total. The molecule has 0 saturated carbocycles. The number of nitrogens with one attached hydrogen (secondary N) is 2. The van der Waals surface area contributed by atoms with Crippen molar-refractivity contribution in [3.8, 4) is 11.5 Å². The largest absolute Gasteiger partial charge is 0.457 e. The number of carbonyl (C=O) groups is 3. The van der Waals surface area contributed by atoms with Crippen LogP contribution in [0.15, 0.2) is 57.1 Å². The zero-order chi connectivity index (χ0) is 37.2. The van der Waals surface area contributed by atoms with Crippen molar-refractivity contribution in [2.45, 2.75) is 50.8 Å². The second kappa shape index (κ2) is 15.2. The van der Waals surface area contributed by atoms with Crippen LogP contribution in [0, 0.1) is 11.7 Å². The van der Waals surface area contributed by atoms with E-state index in [1.807, 2.05) is 20.8 Å². The third-order valence-corrected chi connectivity index (χ3v) is 10.3. The van der Waals surface area contributed by atoms with Crippen LogP contribution in [-0.4, -0.2) is 89.3 Å². The average molecular weight is 729 g/mol. The number of benzene rings is 2. The molecule has 274 valence electrons. The van der Waals surface area contributed by atoms with E-state index in [2.05, 4.69) is 10.6 Å². The number of rotatable bonds is 7. The fourth-order valence-electron chi connectivity index (χ4n) is 5.88. The van der Waals surface area contributed by atoms with Gasteiger partial charge in [0.25, 0.3) is 17.4 Å². The summed E-state index contributed by atoms with van der Waals surface area (Å²) in [6.45, 7) is 5.02. The van der Waals surface area contributed by atoms with Gasteiger partial charge < -0.3 is 29.6 Å². The van der Waals surface area contributed by atoms with E-state index >= 15 is 0 Å². The molecule has 0 unspecified atom stereocenters. The number of sulfonamides is 1. The van der Waals surface area contributed by atoms with Crippen molar-refractivity contribution < 1.29 is 36.7 Å². The van der Waals surface area contributed by atoms with Gasteiger partial charge >= 0.3 is 5.69 Å². The first-order chi connectivity index (χ1) is 24.1. The predicted molar refractivity (Wildman–Crippen MR) is 182 cm³/mol. The highest BCUT2D eigenvalue weighted by Crippen LogP contribution is 2.29. The Morgan fingerprint density at radius 2 is 1.76 bits per heavy atom. The van der Waals surface area contributed by atoms with Crippen molar-refractivity contribution in [2.24, 2.45) is 20.0 Å². The molecule has 4 bridgehead atoms. The number of fused-ring (bicyclic) bond motifs is 5. The summed E-state index contributed by atoms with van der Waals surface area (Å²) < 4.78 is 57.1. The van der Waals surface area contributed by atoms with Crippen LogP contribution in [-0.2, 0) is 40.3 Å². The lowest BCUT2D eigenvalue weighted by Crippen LogP contribution is -2.49. The molecular weight excluding hydrogens is 687 g/mol. The maximum Gasteiger partial charge on any atom is 0.330 e. The van der Waals surface area contributed by atoms with E-state index in [9.17, 15) is 36.8 Å². The second-order valence-electron chi connectivity index (χ2n) is 13.1. The number of halogens is 1. The lowest BCUT2D eigenvalue weighted by atomic mass is 10.1. The van der Waals surface area contributed by atoms with E-state index in [0.29, 0.717) is 23.1 Å². The Balaban J connectivity index is 1.53. The molecule has 2 aliphatic heterocycles. The fraction of sp³-hybridized carbons (Fsp3) is 0.441. The van der Waals surface area contributed by atoms with E-state index in [4.69, 9.17) is 9.47 Å². The Hall–Kier alpha value is -4.87. The van der Waals surface area contributed by atoms with E-state index in [1.165, 1.54) is 49.3 Å². The van der Waals surface area contributed by atoms with E-state index < -0.39 is 68.4 Å². The number of hydrogen-bond donors (Lipinski definition) is 2. The number of hydrogen-bond acceptors (Lipinski definition) is 9. The number of carbonyl (C=O) groups excluding carboxylic acids is 3. The van der Waals surface area contributed by atoms with Crippen LogP contribution in [0.2, 0.25) is 0 Å². The first-order valence-electron chi connectivity index (χ1n) is 16.4. The van der Waals surface area contributed by atoms with Crippen LogP contribution in [0.25, 0.3) is 0 Å². The number of aromatic nitrogens is 2. The Morgan fingerprint density at radius 1 is 1.04 bits per heavy atom. The summed E-state index contributed by atoms with van der Waals surface area (Å²) in [6.07, 6.45) is 0.467. The molecule has 1 fully saturated rings. The first kappa shape index (κ1) is 37.4. The lowest BCUT2D eigenvalue weighted by Gasteiger charge is -2.25. The van der Waals surface area contributed by atoms with E-state index in [0.717, 1.165) is 21.1 Å². The van der Waals surface area contributed by atoms with Crippen LogP contribution in [0.1, 0.15) is 53.5 Å². The topological polar surface area (TPSA) is 178 Å². The molecule has 2 atom stereocenters. The quantitative estimate of drug-likeness (QED) is 0.364. The monoisotopic (exact) mass is 728 g/mol. The van der Waals surface area contributed by atoms with Crippen molar-refractivity contribution in [3.05, 3.63) is 85.9 Å². The fourth-order valence-corrected chi connectivity index (χ4v) is 7.51. The molecule has 0 radical (unpaired) electrons. The summed E-state index contributed by atoms with van der Waals surface area (Å²) in [6, 6.07) is 7.13. The minimum Gasteiger partial charge on any atom is -0.457 e. The summed E-state index contributed by atoms with van der Waals surface area (Å²) in [5.74, 6) is -2.02. The van der Waals surface area contributed by atoms with Crippen LogP contribution in [0.3, 0.4) is 0 Å². The smallest absolute Gasteiger partial charge is 0.330 e. The molecule has 1 aromatic heterocycles. The normalized spacial score (nSPS) is 18.7. The molecule has 3 heterocycles. The Bertz CT molecular complexity index is 2080. The minimum absolute atomic E-state index is 0.0512. The SMILES string of the molecule is CCCN1CC(=O)N[C@@H]2CN(S(=O)(=O)c3cn(C)c(=O)n(C)c3=O)C[C@H]2OCc2cc(F)cc(c2)Oc2cc(C(=O)NCC(C)C)cc(c2)C1=O. The van der Waals surface area contributed by atoms with Gasteiger partial charge in [0.05, 0.1) is 25.3 Å². The molecule has 2 aromatic carbocycles. The number of amides is 3. The van der Waals surface area contributed by atoms with Gasteiger partial charge in [0.2, 0.25) is 15.9 Å². The molecule has 0 aliphatic carbocycles. The van der Waals surface area contributed by atoms with Crippen LogP contribution >= 0.6 is 0 Å². The van der Waals surface area contributed by atoms with Gasteiger partial charge in [0, 0.05) is 63.7 Å². The highest BCUT2D eigenvalue weighted by Gasteiger charge is 2.42. The summed E-state index contributed by atoms with van der Waals surface area (Å²) in [4.78, 5) is 66.3. The van der Waals surface area contributed by atoms with Gasteiger partial charge in [-0.3, -0.25) is 23.7 Å². The zero-order valence-electron chi connectivity index (χ0n) is 29.0. The van der Waals surface area contributed by atoms with Gasteiger partial charge in [-0.05, 0) is 48.2 Å². The van der Waals surface area contributed by atoms with Gasteiger partial charge in [-0.15, -0.1) is 0 Å². The maximum atomic E-state index is 14.9. The van der Waals surface area contributed by atoms with Gasteiger partial charge in [-0.1, -0.05) is 20.8 Å². The number of nitrogens with zero attached hydrogens (tertiary/aromatic N) is 4. The molecule has 17 heteroatoms. The summed E-state index contributed by atoms with van der Waals surface area (Å²) in [5.41, 5.74) is -1.23. The minimum atomic E-state index is -4.49. The van der Waals surface area contributed by atoms with Crippen molar-refractivity contribution in [2.75, 3.05) is 32.7 Å². The maximum absolute atomic E-state index is 14.9. The van der Waals surface area contributed by atoms with Crippen molar-refractivity contribution in [1.82, 2.24) is 29.0 Å². The van der Waals surface area contributed by atoms with Crippen LogP contribution < -0.4 is 26.6 Å². The van der Waals surface area contributed by atoms with Gasteiger partial charge in [0.1, 0.15) is 17.3 Å². The third-order valence-electron chi connectivity index (χ3n) is 8.44. The van der Waals surface area contributed by atoms with Crippen LogP contribution in [0.4, 0.5) is 4.39 Å². The predicted octanol–water partition coefficient (Wildman–Crippen LogP) is 1.34. The summed E-state index contributed by atoms with van der Waals surface area (Å²) >= 11 is 0. The highest BCUT2D eigenvalue weighted by atomic mass is 32.2. The van der Waals surface area contributed by atoms with Gasteiger partial charge in [0.15, 0.2) is 4.90 Å². The van der Waals surface area contributed by atoms with E-state index in [1.54, 1.807) is 0 Å². The lowest BCUT2D eigenvalue weighted by molar-refractivity contribution is -0.123. The molecule has 2 aliphatic rings. The Labute approximate surface area is 294 Å². The van der Waals surface area contributed by atoms with Crippen LogP contribution in [0.5, 0.6) is 11.5 Å². The number of aryl methyl sites for hydroxylation is 1. The molecule has 5 rings (SSSR count). The van der Waals surface area contributed by atoms with Gasteiger partial charge in [-0.2, -0.15) is 4.31 Å². The summed E-state index contributed by atoms with van der Waals surface area (Å²) in [5, 5.41) is 5.60. The molecule has 3 amide bonds. The van der Waals surface area contributed by atoms with Gasteiger partial charge in [-0.25, -0.2) is 17.6 Å². The zero-order valence-corrected chi connectivity index (χ0v) is 29.8. The standard InChI is InChI=1S/C34H41FN6O9S/c1-6-7-40-18-30(42)37-27-15-41(51(47,48)29-17-38(4)34(46)39(5)33(29)45)16-28(27)49-19-21-8-24(35)13-25(9-21)50-26-11-22(10-23(12-26)32(40)44)31(43)36-14-20(2)3/h8-13,17,20,27-28H,6-7,14-16,18-19H2,1-5H3,(H,36,43)(H,37,42)/t27-,28-/m1/s1. The van der Waals surface area contributed by atoms with E-state index in [-0.39, 0.29) is 54.8 Å². The van der Waals surface area contributed by atoms with Crippen molar-refractivity contribution in [3.63, 3.8) is 0 Å². The molecule has 15 nitrogen and oxygen atoms in total. The van der Waals surface area contributed by atoms with Crippen molar-refractivity contribution in [1.29, 1.82) is 0 Å².